The molecule has 27 heavy (non-hydrogen) atoms. The molecule has 0 saturated carbocycles. The van der Waals surface area contributed by atoms with Gasteiger partial charge in [-0.15, -0.1) is 0 Å². The zero-order valence-electron chi connectivity index (χ0n) is 14.2. The number of carbonyl (C=O) groups excluding carboxylic acids is 2. The van der Waals surface area contributed by atoms with E-state index in [4.69, 9.17) is 0 Å². The molecule has 0 unspecified atom stereocenters. The lowest BCUT2D eigenvalue weighted by Gasteiger charge is -2.04. The van der Waals surface area contributed by atoms with Crippen LogP contribution in [0.25, 0.3) is 0 Å². The molecule has 1 aromatic heterocycles. The molecule has 1 heterocycles. The number of pyridine rings is 1. The highest BCUT2D eigenvalue weighted by molar-refractivity contribution is 6.03. The smallest absolute Gasteiger partial charge is 0.269 e. The summed E-state index contributed by atoms with van der Waals surface area (Å²) in [5.74, 6) is -0.492. The Labute approximate surface area is 155 Å². The van der Waals surface area contributed by atoms with Gasteiger partial charge in [-0.3, -0.25) is 19.7 Å². The minimum absolute atomic E-state index is 0.0181. The average molecular weight is 362 g/mol. The molecule has 0 fully saturated rings. The van der Waals surface area contributed by atoms with Crippen LogP contribution in [0.2, 0.25) is 0 Å². The van der Waals surface area contributed by atoms with Crippen LogP contribution in [0.1, 0.15) is 20.7 Å². The van der Waals surface area contributed by atoms with Gasteiger partial charge in [-0.2, -0.15) is 4.57 Å². The number of nitro groups is 1. The van der Waals surface area contributed by atoms with Crippen molar-refractivity contribution in [1.29, 1.82) is 0 Å². The zero-order valence-corrected chi connectivity index (χ0v) is 14.2. The van der Waals surface area contributed by atoms with Gasteiger partial charge in [0.15, 0.2) is 12.4 Å². The second kappa shape index (κ2) is 8.01. The molecule has 0 spiro atoms. The number of non-ortho nitro benzene ring substituents is 1. The van der Waals surface area contributed by atoms with E-state index in [1.165, 1.54) is 24.3 Å². The summed E-state index contributed by atoms with van der Waals surface area (Å²) in [4.78, 5) is 34.9. The van der Waals surface area contributed by atoms with Crippen LogP contribution in [0.5, 0.6) is 0 Å². The molecular weight excluding hydrogens is 346 g/mol. The highest BCUT2D eigenvalue weighted by Crippen LogP contribution is 2.12. The summed E-state index contributed by atoms with van der Waals surface area (Å²) in [5.41, 5.74) is 1.39. The van der Waals surface area contributed by atoms with Crippen molar-refractivity contribution in [1.82, 2.24) is 0 Å². The van der Waals surface area contributed by atoms with Gasteiger partial charge in [-0.1, -0.05) is 18.2 Å². The molecule has 0 bridgehead atoms. The first-order chi connectivity index (χ1) is 13.0. The lowest BCUT2D eigenvalue weighted by Crippen LogP contribution is -2.38. The van der Waals surface area contributed by atoms with Crippen LogP contribution in [0.3, 0.4) is 0 Å². The van der Waals surface area contributed by atoms with E-state index in [1.54, 1.807) is 41.2 Å². The van der Waals surface area contributed by atoms with Gasteiger partial charge in [-0.25, -0.2) is 0 Å². The maximum absolute atomic E-state index is 12.4. The Morgan fingerprint density at radius 2 is 1.63 bits per heavy atom. The van der Waals surface area contributed by atoms with Crippen molar-refractivity contribution >= 4 is 23.1 Å². The van der Waals surface area contributed by atoms with Crippen molar-refractivity contribution in [2.45, 2.75) is 6.54 Å². The Bertz CT molecular complexity index is 986. The van der Waals surface area contributed by atoms with Crippen LogP contribution < -0.4 is 9.88 Å². The number of ketones is 1. The highest BCUT2D eigenvalue weighted by atomic mass is 16.6. The lowest BCUT2D eigenvalue weighted by molar-refractivity contribution is -0.683. The van der Waals surface area contributed by atoms with E-state index in [-0.39, 0.29) is 23.9 Å². The summed E-state index contributed by atoms with van der Waals surface area (Å²) < 4.78 is 1.60. The zero-order chi connectivity index (χ0) is 19.2. The molecule has 0 aliphatic rings. The number of para-hydroxylation sites is 1. The summed E-state index contributed by atoms with van der Waals surface area (Å²) in [6.45, 7) is 0.0181. The Kier molecular flexibility index (Phi) is 5.32. The standard InChI is InChI=1S/C20H15N3O4/c24-19(15-8-10-18(11-9-15)23(26)27)14-22-12-4-5-16(13-22)20(25)21-17-6-2-1-3-7-17/h1-13H,14H2/p+1. The third-order valence-corrected chi connectivity index (χ3v) is 3.88. The molecule has 0 aliphatic carbocycles. The van der Waals surface area contributed by atoms with Crippen molar-refractivity contribution in [2.75, 3.05) is 5.32 Å². The molecule has 7 nitrogen and oxygen atoms in total. The van der Waals surface area contributed by atoms with Gasteiger partial charge in [-0.05, 0) is 30.3 Å². The molecule has 0 saturated heterocycles. The van der Waals surface area contributed by atoms with Crippen LogP contribution in [-0.4, -0.2) is 16.6 Å². The molecule has 2 aromatic carbocycles. The van der Waals surface area contributed by atoms with Gasteiger partial charge in [0.25, 0.3) is 11.6 Å². The number of anilines is 1. The van der Waals surface area contributed by atoms with Gasteiger partial charge in [0.05, 0.1) is 4.92 Å². The molecule has 0 atom stereocenters. The van der Waals surface area contributed by atoms with Gasteiger partial charge < -0.3 is 5.32 Å². The quantitative estimate of drug-likeness (QED) is 0.316. The fraction of sp³-hybridized carbons (Fsp3) is 0.0500. The van der Waals surface area contributed by atoms with Crippen molar-refractivity contribution in [3.8, 4) is 0 Å². The number of amides is 1. The largest absolute Gasteiger partial charge is 0.322 e. The van der Waals surface area contributed by atoms with Crippen molar-refractivity contribution in [2.24, 2.45) is 0 Å². The number of rotatable bonds is 6. The fourth-order valence-corrected chi connectivity index (χ4v) is 2.51. The molecule has 1 amide bonds. The van der Waals surface area contributed by atoms with Crippen molar-refractivity contribution in [3.63, 3.8) is 0 Å². The number of nitrogens with zero attached hydrogens (tertiary/aromatic N) is 2. The summed E-state index contributed by atoms with van der Waals surface area (Å²) in [6.07, 6.45) is 3.27. The number of carbonyl (C=O) groups is 2. The topological polar surface area (TPSA) is 93.2 Å². The molecule has 134 valence electrons. The summed E-state index contributed by atoms with van der Waals surface area (Å²) in [7, 11) is 0. The number of nitrogens with one attached hydrogen (secondary N) is 1. The van der Waals surface area contributed by atoms with E-state index in [9.17, 15) is 19.7 Å². The third kappa shape index (κ3) is 4.60. The van der Waals surface area contributed by atoms with Gasteiger partial charge in [0, 0.05) is 29.4 Å². The molecule has 3 rings (SSSR count). The summed E-state index contributed by atoms with van der Waals surface area (Å²) in [6, 6.07) is 17.8. The number of hydrogen-bond donors (Lipinski definition) is 1. The number of Topliss-reactive ketones (excluding diaryl/α,β-unsaturated/α-hetero) is 1. The first-order valence-corrected chi connectivity index (χ1v) is 8.16. The van der Waals surface area contributed by atoms with Gasteiger partial charge >= 0.3 is 0 Å². The number of hydrogen-bond acceptors (Lipinski definition) is 4. The first kappa shape index (κ1) is 17.9. The van der Waals surface area contributed by atoms with Crippen LogP contribution >= 0.6 is 0 Å². The van der Waals surface area contributed by atoms with Crippen molar-refractivity contribution < 1.29 is 19.1 Å². The molecule has 7 heteroatoms. The molecular formula is C20H16N3O4+. The third-order valence-electron chi connectivity index (χ3n) is 3.88. The Morgan fingerprint density at radius 1 is 0.926 bits per heavy atom. The molecule has 0 aliphatic heterocycles. The van der Waals surface area contributed by atoms with Gasteiger partial charge in [0.2, 0.25) is 12.3 Å². The second-order valence-electron chi connectivity index (χ2n) is 5.81. The number of benzene rings is 2. The molecule has 1 N–H and O–H groups in total. The van der Waals surface area contributed by atoms with E-state index >= 15 is 0 Å². The fourth-order valence-electron chi connectivity index (χ4n) is 2.51. The molecule has 3 aromatic rings. The number of aromatic nitrogens is 1. The minimum Gasteiger partial charge on any atom is -0.322 e. The Morgan fingerprint density at radius 3 is 2.30 bits per heavy atom. The normalized spacial score (nSPS) is 10.2. The highest BCUT2D eigenvalue weighted by Gasteiger charge is 2.16. The minimum atomic E-state index is -0.516. The first-order valence-electron chi connectivity index (χ1n) is 8.16. The number of nitro benzene ring substituents is 1. The maximum Gasteiger partial charge on any atom is 0.269 e. The van der Waals surface area contributed by atoms with Crippen LogP contribution in [0.15, 0.2) is 79.1 Å². The van der Waals surface area contributed by atoms with E-state index in [0.717, 1.165) is 0 Å². The Balaban J connectivity index is 1.70. The summed E-state index contributed by atoms with van der Waals surface area (Å²) in [5, 5.41) is 13.5. The average Bonchev–Trinajstić information content (AvgIpc) is 2.69. The summed E-state index contributed by atoms with van der Waals surface area (Å²) >= 11 is 0. The molecule has 0 radical (unpaired) electrons. The van der Waals surface area contributed by atoms with Gasteiger partial charge in [0.1, 0.15) is 5.56 Å². The maximum atomic E-state index is 12.4. The monoisotopic (exact) mass is 362 g/mol. The van der Waals surface area contributed by atoms with E-state index < -0.39 is 4.92 Å². The lowest BCUT2D eigenvalue weighted by atomic mass is 10.1. The van der Waals surface area contributed by atoms with Crippen LogP contribution in [0.4, 0.5) is 11.4 Å². The second-order valence-corrected chi connectivity index (χ2v) is 5.81. The Hall–Kier alpha value is -3.87. The van der Waals surface area contributed by atoms with Crippen LogP contribution in [0, 0.1) is 10.1 Å². The SMILES string of the molecule is O=C(C[n+]1cccc(C(=O)Nc2ccccc2)c1)c1ccc([N+](=O)[O-])cc1. The van der Waals surface area contributed by atoms with E-state index in [2.05, 4.69) is 5.32 Å². The van der Waals surface area contributed by atoms with Crippen molar-refractivity contribution in [3.05, 3.63) is 100 Å². The predicted molar refractivity (Wildman–Crippen MR) is 98.5 cm³/mol. The predicted octanol–water partition coefficient (Wildman–Crippen LogP) is 3.02. The van der Waals surface area contributed by atoms with Crippen LogP contribution in [-0.2, 0) is 6.54 Å². The van der Waals surface area contributed by atoms with E-state index in [0.29, 0.717) is 16.8 Å². The van der Waals surface area contributed by atoms with E-state index in [1.807, 2.05) is 18.2 Å².